The molecule has 3 N–H and O–H groups in total. The Labute approximate surface area is 126 Å². The molecule has 120 valence electrons. The second-order valence-corrected chi connectivity index (χ2v) is 6.37. The summed E-state index contributed by atoms with van der Waals surface area (Å²) in [6.07, 6.45) is 6.45. The van der Waals surface area contributed by atoms with Gasteiger partial charge in [-0.05, 0) is 52.1 Å². The Morgan fingerprint density at radius 3 is 2.48 bits per heavy atom. The zero-order chi connectivity index (χ0) is 15.2. The number of amides is 2. The van der Waals surface area contributed by atoms with Crippen LogP contribution in [0.2, 0.25) is 0 Å². The van der Waals surface area contributed by atoms with Gasteiger partial charge in [0.15, 0.2) is 0 Å². The Balaban J connectivity index is 1.64. The summed E-state index contributed by atoms with van der Waals surface area (Å²) in [6.45, 7) is 1.79. The lowest BCUT2D eigenvalue weighted by Gasteiger charge is -2.33. The van der Waals surface area contributed by atoms with Crippen molar-refractivity contribution in [1.29, 1.82) is 0 Å². The van der Waals surface area contributed by atoms with Gasteiger partial charge in [0.2, 0.25) is 0 Å². The minimum atomic E-state index is -0.710. The van der Waals surface area contributed by atoms with E-state index in [1.807, 2.05) is 0 Å². The maximum Gasteiger partial charge on any atom is 0.315 e. The maximum atomic E-state index is 11.9. The fourth-order valence-electron chi connectivity index (χ4n) is 3.33. The molecule has 6 nitrogen and oxygen atoms in total. The van der Waals surface area contributed by atoms with E-state index >= 15 is 0 Å². The molecule has 0 aromatic heterocycles. The van der Waals surface area contributed by atoms with Crippen LogP contribution in [-0.4, -0.2) is 54.2 Å². The predicted octanol–water partition coefficient (Wildman–Crippen LogP) is 1.41. The number of hydrogen-bond donors (Lipinski definition) is 3. The first-order valence-electron chi connectivity index (χ1n) is 8.03. The number of nitrogens with one attached hydrogen (secondary N) is 2. The number of carbonyl (C=O) groups is 2. The van der Waals surface area contributed by atoms with Gasteiger partial charge in [-0.15, -0.1) is 0 Å². The van der Waals surface area contributed by atoms with Gasteiger partial charge in [0.05, 0.1) is 5.92 Å². The van der Waals surface area contributed by atoms with E-state index in [0.717, 1.165) is 25.8 Å². The molecule has 2 amide bonds. The molecule has 0 aromatic carbocycles. The number of piperidine rings is 1. The third-order valence-corrected chi connectivity index (χ3v) is 4.83. The van der Waals surface area contributed by atoms with Crippen LogP contribution in [0.5, 0.6) is 0 Å². The summed E-state index contributed by atoms with van der Waals surface area (Å²) >= 11 is 0. The van der Waals surface area contributed by atoms with Crippen LogP contribution in [0.1, 0.15) is 44.9 Å². The van der Waals surface area contributed by atoms with Crippen LogP contribution in [0, 0.1) is 5.92 Å². The van der Waals surface area contributed by atoms with Gasteiger partial charge in [-0.2, -0.15) is 0 Å². The van der Waals surface area contributed by atoms with Gasteiger partial charge in [-0.1, -0.05) is 6.42 Å². The molecule has 0 radical (unpaired) electrons. The first-order chi connectivity index (χ1) is 10.1. The summed E-state index contributed by atoms with van der Waals surface area (Å²) in [5, 5.41) is 14.9. The molecule has 2 fully saturated rings. The lowest BCUT2D eigenvalue weighted by molar-refractivity contribution is -0.142. The molecule has 1 saturated heterocycles. The predicted molar refractivity (Wildman–Crippen MR) is 80.2 cm³/mol. The number of rotatable bonds is 4. The maximum absolute atomic E-state index is 11.9. The number of urea groups is 1. The first-order valence-corrected chi connectivity index (χ1v) is 8.03. The van der Waals surface area contributed by atoms with Crippen molar-refractivity contribution in [2.45, 2.75) is 57.0 Å². The van der Waals surface area contributed by atoms with Crippen LogP contribution in [0.15, 0.2) is 0 Å². The average molecular weight is 297 g/mol. The Kier molecular flexibility index (Phi) is 5.85. The Bertz CT molecular complexity index is 367. The van der Waals surface area contributed by atoms with Crippen molar-refractivity contribution < 1.29 is 14.7 Å². The summed E-state index contributed by atoms with van der Waals surface area (Å²) in [4.78, 5) is 25.1. The molecule has 1 heterocycles. The van der Waals surface area contributed by atoms with E-state index in [4.69, 9.17) is 5.11 Å². The van der Waals surface area contributed by atoms with E-state index in [-0.39, 0.29) is 18.0 Å². The third-order valence-electron chi connectivity index (χ3n) is 4.83. The van der Waals surface area contributed by atoms with Crippen LogP contribution in [0.3, 0.4) is 0 Å². The molecule has 1 saturated carbocycles. The molecular formula is C15H27N3O3. The molecule has 1 unspecified atom stereocenters. The number of carboxylic acids is 1. The van der Waals surface area contributed by atoms with Gasteiger partial charge < -0.3 is 20.6 Å². The highest BCUT2D eigenvalue weighted by molar-refractivity contribution is 5.74. The number of carbonyl (C=O) groups excluding carboxylic acids is 1. The quantitative estimate of drug-likeness (QED) is 0.733. The molecule has 2 rings (SSSR count). The second kappa shape index (κ2) is 7.64. The van der Waals surface area contributed by atoms with Crippen molar-refractivity contribution in [3.8, 4) is 0 Å². The number of likely N-dealkylation sites (tertiary alicyclic amines) is 1. The lowest BCUT2D eigenvalue weighted by atomic mass is 9.86. The van der Waals surface area contributed by atoms with E-state index < -0.39 is 5.97 Å². The largest absolute Gasteiger partial charge is 0.481 e. The van der Waals surface area contributed by atoms with Gasteiger partial charge in [-0.25, -0.2) is 4.79 Å². The smallest absolute Gasteiger partial charge is 0.315 e. The Morgan fingerprint density at radius 1 is 1.14 bits per heavy atom. The van der Waals surface area contributed by atoms with E-state index in [2.05, 4.69) is 22.6 Å². The van der Waals surface area contributed by atoms with E-state index in [1.54, 1.807) is 0 Å². The monoisotopic (exact) mass is 297 g/mol. The van der Waals surface area contributed by atoms with Crippen LogP contribution in [0.25, 0.3) is 0 Å². The molecule has 6 heteroatoms. The molecule has 1 aliphatic carbocycles. The van der Waals surface area contributed by atoms with E-state index in [1.165, 1.54) is 12.8 Å². The minimum Gasteiger partial charge on any atom is -0.481 e. The Morgan fingerprint density at radius 2 is 1.86 bits per heavy atom. The zero-order valence-corrected chi connectivity index (χ0v) is 12.8. The zero-order valence-electron chi connectivity index (χ0n) is 12.8. The number of carboxylic acid groups (broad SMARTS) is 1. The summed E-state index contributed by atoms with van der Waals surface area (Å²) in [7, 11) is 2.11. The summed E-state index contributed by atoms with van der Waals surface area (Å²) in [6, 6.07) is 0.435. The normalized spacial score (nSPS) is 30.6. The summed E-state index contributed by atoms with van der Waals surface area (Å²) in [5.41, 5.74) is 0. The fraction of sp³-hybridized carbons (Fsp3) is 0.867. The molecule has 2 aliphatic rings. The summed E-state index contributed by atoms with van der Waals surface area (Å²) in [5.74, 6) is -0.944. The topological polar surface area (TPSA) is 81.7 Å². The molecule has 0 bridgehead atoms. The molecule has 21 heavy (non-hydrogen) atoms. The SMILES string of the molecule is CN1CCCCC1CNC(=O)NC1CCC(C(=O)O)CC1. The Hall–Kier alpha value is -1.30. The van der Waals surface area contributed by atoms with Crippen molar-refractivity contribution in [2.75, 3.05) is 20.1 Å². The van der Waals surface area contributed by atoms with Crippen LogP contribution in [0.4, 0.5) is 4.79 Å². The van der Waals surface area contributed by atoms with Crippen molar-refractivity contribution in [1.82, 2.24) is 15.5 Å². The highest BCUT2D eigenvalue weighted by Gasteiger charge is 2.27. The van der Waals surface area contributed by atoms with Crippen molar-refractivity contribution in [3.63, 3.8) is 0 Å². The second-order valence-electron chi connectivity index (χ2n) is 6.37. The van der Waals surface area contributed by atoms with E-state index in [0.29, 0.717) is 25.4 Å². The molecule has 0 aromatic rings. The number of hydrogen-bond acceptors (Lipinski definition) is 3. The molecule has 1 atom stereocenters. The molecular weight excluding hydrogens is 270 g/mol. The average Bonchev–Trinajstić information content (AvgIpc) is 2.47. The van der Waals surface area contributed by atoms with Crippen molar-refractivity contribution in [2.24, 2.45) is 5.92 Å². The van der Waals surface area contributed by atoms with Gasteiger partial charge in [0.1, 0.15) is 0 Å². The van der Waals surface area contributed by atoms with Gasteiger partial charge >= 0.3 is 12.0 Å². The number of nitrogens with zero attached hydrogens (tertiary/aromatic N) is 1. The standard InChI is InChI=1S/C15H27N3O3/c1-18-9-3-2-4-13(18)10-16-15(21)17-12-7-5-11(6-8-12)14(19)20/h11-13H,2-10H2,1H3,(H,19,20)(H2,16,17,21). The highest BCUT2D eigenvalue weighted by atomic mass is 16.4. The van der Waals surface area contributed by atoms with Crippen LogP contribution in [-0.2, 0) is 4.79 Å². The van der Waals surface area contributed by atoms with Gasteiger partial charge in [0.25, 0.3) is 0 Å². The van der Waals surface area contributed by atoms with Gasteiger partial charge in [0, 0.05) is 18.6 Å². The van der Waals surface area contributed by atoms with Crippen molar-refractivity contribution >= 4 is 12.0 Å². The fourth-order valence-corrected chi connectivity index (χ4v) is 3.33. The molecule has 0 spiro atoms. The lowest BCUT2D eigenvalue weighted by Crippen LogP contribution is -2.49. The minimum absolute atomic E-state index is 0.115. The van der Waals surface area contributed by atoms with E-state index in [9.17, 15) is 9.59 Å². The summed E-state index contributed by atoms with van der Waals surface area (Å²) < 4.78 is 0. The number of likely N-dealkylation sites (N-methyl/N-ethyl adjacent to an activating group) is 1. The third kappa shape index (κ3) is 4.88. The number of aliphatic carboxylic acids is 1. The first kappa shape index (κ1) is 16.1. The van der Waals surface area contributed by atoms with Crippen LogP contribution < -0.4 is 10.6 Å². The van der Waals surface area contributed by atoms with Gasteiger partial charge in [-0.3, -0.25) is 4.79 Å². The van der Waals surface area contributed by atoms with Crippen molar-refractivity contribution in [3.05, 3.63) is 0 Å². The highest BCUT2D eigenvalue weighted by Crippen LogP contribution is 2.24. The van der Waals surface area contributed by atoms with Crippen LogP contribution >= 0.6 is 0 Å². The molecule has 1 aliphatic heterocycles.